The van der Waals surface area contributed by atoms with Gasteiger partial charge in [0, 0.05) is 50.2 Å². The number of nitrogens with zero attached hydrogens (tertiary/aromatic N) is 2. The van der Waals surface area contributed by atoms with Gasteiger partial charge in [-0.25, -0.2) is 0 Å². The van der Waals surface area contributed by atoms with Gasteiger partial charge in [-0.3, -0.25) is 0 Å². The molecule has 0 saturated carbocycles. The van der Waals surface area contributed by atoms with E-state index in [2.05, 4.69) is 193 Å². The van der Waals surface area contributed by atoms with Crippen LogP contribution in [0.5, 0.6) is 0 Å². The van der Waals surface area contributed by atoms with Gasteiger partial charge in [-0.05, 0) is 77.1 Å². The standard InChI is InChI=1S/C44H34N2OSi/c1-48(2)41-28-27-35(45(31-17-7-3-8-18-31)32-19-9-4-10-20-32)29-38(41)43-44(48)39-30-40(36-25-15-16-26-37(36)42(39)47-43)46(33-21-11-5-12-22-33)34-23-13-6-14-24-34/h3-30H,1-2H3. The fourth-order valence-corrected chi connectivity index (χ4v) is 10.9. The lowest BCUT2D eigenvalue weighted by Crippen LogP contribution is -2.49. The summed E-state index contributed by atoms with van der Waals surface area (Å²) in [6.45, 7) is 4.94. The molecule has 0 aliphatic carbocycles. The highest BCUT2D eigenvalue weighted by atomic mass is 28.3. The van der Waals surface area contributed by atoms with E-state index in [-0.39, 0.29) is 0 Å². The number of fused-ring (bicyclic) bond motifs is 7. The predicted molar refractivity (Wildman–Crippen MR) is 205 cm³/mol. The first-order valence-corrected chi connectivity index (χ1v) is 19.5. The summed E-state index contributed by atoms with van der Waals surface area (Å²) in [5, 5.41) is 6.31. The van der Waals surface area contributed by atoms with Crippen molar-refractivity contribution in [3.63, 3.8) is 0 Å². The molecule has 0 spiro atoms. The van der Waals surface area contributed by atoms with E-state index < -0.39 is 8.07 Å². The third-order valence-electron chi connectivity index (χ3n) is 9.78. The predicted octanol–water partition coefficient (Wildman–Crippen LogP) is 11.3. The summed E-state index contributed by atoms with van der Waals surface area (Å²) in [5.74, 6) is 1.02. The molecule has 48 heavy (non-hydrogen) atoms. The zero-order valence-corrected chi connectivity index (χ0v) is 28.0. The minimum absolute atomic E-state index is 0.972. The molecule has 0 atom stereocenters. The molecule has 8 aromatic rings. The van der Waals surface area contributed by atoms with Gasteiger partial charge in [0.05, 0.1) is 5.69 Å². The van der Waals surface area contributed by atoms with Crippen LogP contribution >= 0.6 is 0 Å². The van der Waals surface area contributed by atoms with E-state index in [4.69, 9.17) is 4.42 Å². The Labute approximate surface area is 281 Å². The minimum Gasteiger partial charge on any atom is -0.456 e. The molecule has 1 aliphatic heterocycles. The van der Waals surface area contributed by atoms with Crippen LogP contribution in [0.15, 0.2) is 174 Å². The number of benzene rings is 7. The van der Waals surface area contributed by atoms with Gasteiger partial charge in [-0.15, -0.1) is 0 Å². The molecule has 0 saturated heterocycles. The van der Waals surface area contributed by atoms with Crippen LogP contribution in [0.25, 0.3) is 33.1 Å². The van der Waals surface area contributed by atoms with Crippen LogP contribution in [0.3, 0.4) is 0 Å². The SMILES string of the molecule is C[Si]1(C)c2ccc(N(c3ccccc3)c3ccccc3)cc2-c2oc3c(cc(N(c4ccccc4)c4ccccc4)c4ccccc43)c21. The molecule has 0 fully saturated rings. The lowest BCUT2D eigenvalue weighted by Gasteiger charge is -2.28. The summed E-state index contributed by atoms with van der Waals surface area (Å²) in [4.78, 5) is 4.72. The first-order chi connectivity index (χ1) is 23.6. The van der Waals surface area contributed by atoms with Gasteiger partial charge in [0.15, 0.2) is 0 Å². The number of furan rings is 1. The van der Waals surface area contributed by atoms with Gasteiger partial charge in [-0.2, -0.15) is 0 Å². The van der Waals surface area contributed by atoms with Crippen molar-refractivity contribution in [2.75, 3.05) is 9.80 Å². The average Bonchev–Trinajstić information content (AvgIpc) is 3.64. The van der Waals surface area contributed by atoms with E-state index >= 15 is 0 Å². The van der Waals surface area contributed by atoms with Crippen LogP contribution in [0, 0.1) is 0 Å². The second-order valence-electron chi connectivity index (χ2n) is 13.0. The van der Waals surface area contributed by atoms with E-state index in [1.165, 1.54) is 21.3 Å². The molecule has 0 unspecified atom stereocenters. The van der Waals surface area contributed by atoms with E-state index in [0.717, 1.165) is 56.2 Å². The Balaban J connectivity index is 1.29. The second-order valence-corrected chi connectivity index (χ2v) is 17.3. The summed E-state index contributed by atoms with van der Waals surface area (Å²) in [5.41, 5.74) is 8.95. The van der Waals surface area contributed by atoms with Gasteiger partial charge in [0.2, 0.25) is 0 Å². The van der Waals surface area contributed by atoms with Crippen LogP contribution in [0.2, 0.25) is 13.1 Å². The van der Waals surface area contributed by atoms with Gasteiger partial charge >= 0.3 is 0 Å². The van der Waals surface area contributed by atoms with Crippen LogP contribution in [-0.4, -0.2) is 8.07 Å². The Bertz CT molecular complexity index is 2340. The summed E-state index contributed by atoms with van der Waals surface area (Å²) in [6, 6.07) is 60.7. The number of para-hydroxylation sites is 4. The van der Waals surface area contributed by atoms with Gasteiger partial charge < -0.3 is 14.2 Å². The molecule has 1 aliphatic rings. The summed E-state index contributed by atoms with van der Waals surface area (Å²) < 4.78 is 7.08. The normalized spacial score (nSPS) is 13.0. The molecular weight excluding hydrogens is 601 g/mol. The Morgan fingerprint density at radius 2 is 0.917 bits per heavy atom. The summed E-state index contributed by atoms with van der Waals surface area (Å²) in [7, 11) is -2.14. The smallest absolute Gasteiger partial charge is 0.142 e. The molecule has 0 radical (unpaired) electrons. The molecule has 3 nitrogen and oxygen atoms in total. The number of anilines is 6. The van der Waals surface area contributed by atoms with Crippen molar-refractivity contribution in [2.24, 2.45) is 0 Å². The van der Waals surface area contributed by atoms with Crippen LogP contribution in [-0.2, 0) is 0 Å². The third kappa shape index (κ3) is 4.41. The van der Waals surface area contributed by atoms with E-state index in [9.17, 15) is 0 Å². The first-order valence-electron chi connectivity index (χ1n) is 16.5. The van der Waals surface area contributed by atoms with Crippen molar-refractivity contribution < 1.29 is 4.42 Å². The molecule has 2 heterocycles. The molecule has 9 rings (SSSR count). The summed E-state index contributed by atoms with van der Waals surface area (Å²) >= 11 is 0. The topological polar surface area (TPSA) is 19.6 Å². The van der Waals surface area contributed by atoms with E-state index in [1.807, 2.05) is 0 Å². The maximum Gasteiger partial charge on any atom is 0.142 e. The Morgan fingerprint density at radius 3 is 1.46 bits per heavy atom. The highest BCUT2D eigenvalue weighted by molar-refractivity contribution is 7.05. The number of hydrogen-bond donors (Lipinski definition) is 0. The number of hydrogen-bond acceptors (Lipinski definition) is 3. The van der Waals surface area contributed by atoms with Crippen molar-refractivity contribution in [3.8, 4) is 11.3 Å². The second kappa shape index (κ2) is 11.1. The fourth-order valence-electron chi connectivity index (χ4n) is 7.62. The molecule has 0 N–H and O–H groups in total. The van der Waals surface area contributed by atoms with Gasteiger partial charge in [0.25, 0.3) is 0 Å². The Hall–Kier alpha value is -5.84. The van der Waals surface area contributed by atoms with E-state index in [1.54, 1.807) is 0 Å². The highest BCUT2D eigenvalue weighted by Gasteiger charge is 2.43. The Morgan fingerprint density at radius 1 is 0.438 bits per heavy atom. The van der Waals surface area contributed by atoms with Crippen molar-refractivity contribution >= 4 is 74.3 Å². The fraction of sp³-hybridized carbons (Fsp3) is 0.0455. The lowest BCUT2D eigenvalue weighted by atomic mass is 10.0. The quantitative estimate of drug-likeness (QED) is 0.170. The molecule has 4 heteroatoms. The lowest BCUT2D eigenvalue weighted by molar-refractivity contribution is 0.638. The maximum absolute atomic E-state index is 7.08. The van der Waals surface area contributed by atoms with Crippen LogP contribution in [0.1, 0.15) is 0 Å². The molecule has 0 bridgehead atoms. The van der Waals surface area contributed by atoms with Crippen LogP contribution < -0.4 is 20.2 Å². The van der Waals surface area contributed by atoms with Crippen molar-refractivity contribution in [3.05, 3.63) is 170 Å². The minimum atomic E-state index is -2.14. The molecule has 7 aromatic carbocycles. The van der Waals surface area contributed by atoms with E-state index in [0.29, 0.717) is 0 Å². The zero-order chi connectivity index (χ0) is 32.2. The average molecular weight is 635 g/mol. The van der Waals surface area contributed by atoms with Crippen molar-refractivity contribution in [1.82, 2.24) is 0 Å². The molecule has 230 valence electrons. The van der Waals surface area contributed by atoms with Crippen molar-refractivity contribution in [2.45, 2.75) is 13.1 Å². The molecule has 0 amide bonds. The molecule has 1 aromatic heterocycles. The van der Waals surface area contributed by atoms with Gasteiger partial charge in [-0.1, -0.05) is 116 Å². The van der Waals surface area contributed by atoms with Gasteiger partial charge in [0.1, 0.15) is 19.4 Å². The largest absolute Gasteiger partial charge is 0.456 e. The third-order valence-corrected chi connectivity index (χ3v) is 13.3. The first kappa shape index (κ1) is 28.4. The molecular formula is C44H34N2OSi. The highest BCUT2D eigenvalue weighted by Crippen LogP contribution is 2.46. The monoisotopic (exact) mass is 634 g/mol. The Kier molecular flexibility index (Phi) is 6.59. The zero-order valence-electron chi connectivity index (χ0n) is 27.0. The summed E-state index contributed by atoms with van der Waals surface area (Å²) in [6.07, 6.45) is 0. The van der Waals surface area contributed by atoms with Crippen LogP contribution in [0.4, 0.5) is 34.1 Å². The number of rotatable bonds is 6. The van der Waals surface area contributed by atoms with Crippen molar-refractivity contribution in [1.29, 1.82) is 0 Å². The maximum atomic E-state index is 7.08.